The Labute approximate surface area is 159 Å². The zero-order valence-electron chi connectivity index (χ0n) is 15.9. The first-order valence-corrected chi connectivity index (χ1v) is 10.1. The van der Waals surface area contributed by atoms with Gasteiger partial charge in [0.2, 0.25) is 0 Å². The normalized spacial score (nSPS) is 49.1. The molecule has 0 amide bonds. The highest BCUT2D eigenvalue weighted by Crippen LogP contribution is 2.67. The van der Waals surface area contributed by atoms with E-state index in [1.807, 2.05) is 0 Å². The van der Waals surface area contributed by atoms with Crippen LogP contribution in [-0.2, 0) is 9.59 Å². The summed E-state index contributed by atoms with van der Waals surface area (Å²) in [6, 6.07) is 0. The Hall–Kier alpha value is -1.08. The summed E-state index contributed by atoms with van der Waals surface area (Å²) in [6.07, 6.45) is 4.72. The van der Waals surface area contributed by atoms with Gasteiger partial charge >= 0.3 is 0 Å². The quantitative estimate of drug-likeness (QED) is 0.576. The lowest BCUT2D eigenvalue weighted by Crippen LogP contribution is -2.64. The molecule has 3 fully saturated rings. The van der Waals surface area contributed by atoms with E-state index in [1.165, 1.54) is 0 Å². The number of allylic oxidation sites excluding steroid dienone is 1. The summed E-state index contributed by atoms with van der Waals surface area (Å²) >= 11 is 0. The Morgan fingerprint density at radius 3 is 2.63 bits per heavy atom. The fourth-order valence-corrected chi connectivity index (χ4v) is 7.35. The zero-order chi connectivity index (χ0) is 19.6. The second-order valence-electron chi connectivity index (χ2n) is 9.45. The predicted octanol–water partition coefficient (Wildman–Crippen LogP) is 0.754. The second kappa shape index (κ2) is 6.21. The third kappa shape index (κ3) is 2.33. The highest BCUT2D eigenvalue weighted by Gasteiger charge is 2.69. The van der Waals surface area contributed by atoms with E-state index in [0.717, 1.165) is 18.4 Å². The largest absolute Gasteiger partial charge is 0.396 e. The third-order valence-corrected chi connectivity index (χ3v) is 8.65. The van der Waals surface area contributed by atoms with Crippen molar-refractivity contribution in [3.63, 3.8) is 0 Å². The van der Waals surface area contributed by atoms with Crippen LogP contribution in [0.25, 0.3) is 0 Å². The molecular weight excluding hydrogens is 348 g/mol. The molecule has 27 heavy (non-hydrogen) atoms. The van der Waals surface area contributed by atoms with Gasteiger partial charge in [-0.15, -0.1) is 0 Å². The molecule has 6 heteroatoms. The van der Waals surface area contributed by atoms with E-state index >= 15 is 0 Å². The monoisotopic (exact) mass is 378 g/mol. The van der Waals surface area contributed by atoms with Gasteiger partial charge in [-0.25, -0.2) is 0 Å². The molecule has 4 rings (SSSR count). The summed E-state index contributed by atoms with van der Waals surface area (Å²) in [4.78, 5) is 24.3. The highest BCUT2D eigenvalue weighted by atomic mass is 16.3. The van der Waals surface area contributed by atoms with Crippen LogP contribution in [0.2, 0.25) is 0 Å². The summed E-state index contributed by atoms with van der Waals surface area (Å²) in [5.41, 5.74) is -2.02. The Balaban J connectivity index is 1.76. The minimum Gasteiger partial charge on any atom is -0.396 e. The lowest BCUT2D eigenvalue weighted by Gasteiger charge is -2.60. The molecular formula is C21H30O6. The molecule has 6 nitrogen and oxygen atoms in total. The van der Waals surface area contributed by atoms with Crippen molar-refractivity contribution in [3.05, 3.63) is 11.6 Å². The van der Waals surface area contributed by atoms with Gasteiger partial charge in [-0.05, 0) is 67.8 Å². The molecule has 4 aliphatic rings. The van der Waals surface area contributed by atoms with Gasteiger partial charge in [0.25, 0.3) is 0 Å². The van der Waals surface area contributed by atoms with Crippen molar-refractivity contribution < 1.29 is 30.0 Å². The first kappa shape index (κ1) is 19.2. The Kier molecular flexibility index (Phi) is 4.43. The number of ketones is 2. The molecule has 0 saturated heterocycles. The standard InChI is InChI=1S/C21H30O6/c1-19-6-4-13(24)8-12(19)2-3-14-15-5-7-21(27,17(26)10-22)20(15,11-23)9-16(25)18(14)19/h8,14-16,18,22-23,25,27H,2-7,9-11H2,1H3/t14-,15-,16-,18+,19?,20+,21-/m0/s1. The number of hydrogen-bond donors (Lipinski definition) is 4. The van der Waals surface area contributed by atoms with Crippen LogP contribution >= 0.6 is 0 Å². The Morgan fingerprint density at radius 2 is 1.96 bits per heavy atom. The molecule has 0 aromatic rings. The van der Waals surface area contributed by atoms with E-state index in [1.54, 1.807) is 6.08 Å². The van der Waals surface area contributed by atoms with E-state index in [4.69, 9.17) is 0 Å². The van der Waals surface area contributed by atoms with Gasteiger partial charge < -0.3 is 20.4 Å². The first-order chi connectivity index (χ1) is 12.7. The molecule has 0 spiro atoms. The second-order valence-corrected chi connectivity index (χ2v) is 9.45. The zero-order valence-corrected chi connectivity index (χ0v) is 15.9. The molecule has 4 N–H and O–H groups in total. The number of rotatable bonds is 3. The maximum absolute atomic E-state index is 12.4. The first-order valence-electron chi connectivity index (χ1n) is 10.1. The summed E-state index contributed by atoms with van der Waals surface area (Å²) in [5.74, 6) is -0.540. The van der Waals surface area contributed by atoms with Crippen LogP contribution in [0, 0.1) is 28.6 Å². The van der Waals surface area contributed by atoms with E-state index in [2.05, 4.69) is 6.92 Å². The van der Waals surface area contributed by atoms with Gasteiger partial charge in [0, 0.05) is 11.8 Å². The summed E-state index contributed by atoms with van der Waals surface area (Å²) in [7, 11) is 0. The fraction of sp³-hybridized carbons (Fsp3) is 0.810. The number of carbonyl (C=O) groups is 2. The molecule has 150 valence electrons. The summed E-state index contributed by atoms with van der Waals surface area (Å²) in [5, 5.41) is 42.1. The number of aliphatic hydroxyl groups excluding tert-OH is 3. The van der Waals surface area contributed by atoms with Gasteiger partial charge in [-0.3, -0.25) is 9.59 Å². The Morgan fingerprint density at radius 1 is 1.22 bits per heavy atom. The van der Waals surface area contributed by atoms with Crippen molar-refractivity contribution in [2.24, 2.45) is 28.6 Å². The van der Waals surface area contributed by atoms with Gasteiger partial charge in [0.15, 0.2) is 11.6 Å². The number of fused-ring (bicyclic) bond motifs is 5. The SMILES string of the molecule is CC12CCC(=O)C=C1CC[C@@H]1[C@@H]2[C@@H](O)C[C@@]2(CO)[C@H]1CC[C@]2(O)C(=O)CO. The van der Waals surface area contributed by atoms with Crippen molar-refractivity contribution in [1.82, 2.24) is 0 Å². The van der Waals surface area contributed by atoms with Crippen LogP contribution in [0.1, 0.15) is 51.9 Å². The number of hydrogen-bond acceptors (Lipinski definition) is 6. The van der Waals surface area contributed by atoms with Crippen LogP contribution in [0.5, 0.6) is 0 Å². The summed E-state index contributed by atoms with van der Waals surface area (Å²) in [6.45, 7) is 0.997. The molecule has 0 aromatic carbocycles. The van der Waals surface area contributed by atoms with Crippen molar-refractivity contribution in [3.8, 4) is 0 Å². The van der Waals surface area contributed by atoms with Gasteiger partial charge in [-0.1, -0.05) is 12.5 Å². The molecule has 1 unspecified atom stereocenters. The van der Waals surface area contributed by atoms with Crippen molar-refractivity contribution in [1.29, 1.82) is 0 Å². The van der Waals surface area contributed by atoms with E-state index < -0.39 is 29.5 Å². The van der Waals surface area contributed by atoms with Crippen LogP contribution < -0.4 is 0 Å². The molecule has 0 radical (unpaired) electrons. The molecule has 3 saturated carbocycles. The molecule has 0 heterocycles. The van der Waals surface area contributed by atoms with Gasteiger partial charge in [-0.2, -0.15) is 0 Å². The average Bonchev–Trinajstić information content (AvgIpc) is 2.95. The Bertz CT molecular complexity index is 701. The van der Waals surface area contributed by atoms with Crippen LogP contribution in [-0.4, -0.2) is 56.9 Å². The predicted molar refractivity (Wildman–Crippen MR) is 96.6 cm³/mol. The minimum absolute atomic E-state index is 0.0400. The molecule has 7 atom stereocenters. The van der Waals surface area contributed by atoms with Gasteiger partial charge in [0.1, 0.15) is 12.2 Å². The third-order valence-electron chi connectivity index (χ3n) is 8.65. The smallest absolute Gasteiger partial charge is 0.190 e. The van der Waals surface area contributed by atoms with Crippen LogP contribution in [0.15, 0.2) is 11.6 Å². The van der Waals surface area contributed by atoms with E-state index in [-0.39, 0.29) is 48.4 Å². The highest BCUT2D eigenvalue weighted by molar-refractivity contribution is 5.91. The lowest BCUT2D eigenvalue weighted by molar-refractivity contribution is -0.197. The van der Waals surface area contributed by atoms with Crippen molar-refractivity contribution in [2.45, 2.75) is 63.6 Å². The molecule has 0 bridgehead atoms. The van der Waals surface area contributed by atoms with Crippen molar-refractivity contribution in [2.75, 3.05) is 13.2 Å². The molecule has 4 aliphatic carbocycles. The molecule has 0 aromatic heterocycles. The maximum atomic E-state index is 12.4. The van der Waals surface area contributed by atoms with E-state index in [9.17, 15) is 30.0 Å². The van der Waals surface area contributed by atoms with Crippen LogP contribution in [0.3, 0.4) is 0 Å². The average molecular weight is 378 g/mol. The minimum atomic E-state index is -1.79. The maximum Gasteiger partial charge on any atom is 0.190 e. The number of carbonyl (C=O) groups excluding carboxylic acids is 2. The van der Waals surface area contributed by atoms with Crippen molar-refractivity contribution >= 4 is 11.6 Å². The number of aliphatic hydroxyl groups is 4. The van der Waals surface area contributed by atoms with Crippen LogP contribution in [0.4, 0.5) is 0 Å². The van der Waals surface area contributed by atoms with E-state index in [0.29, 0.717) is 19.3 Å². The lowest BCUT2D eigenvalue weighted by atomic mass is 9.45. The topological polar surface area (TPSA) is 115 Å². The summed E-state index contributed by atoms with van der Waals surface area (Å²) < 4.78 is 0. The fourth-order valence-electron chi connectivity index (χ4n) is 7.35. The van der Waals surface area contributed by atoms with Gasteiger partial charge in [0.05, 0.1) is 12.7 Å². The molecule has 0 aliphatic heterocycles. The number of Topliss-reactive ketones (excluding diaryl/α,β-unsaturated/α-hetero) is 1.